The third kappa shape index (κ3) is 3.11. The lowest BCUT2D eigenvalue weighted by Crippen LogP contribution is -2.17. The third-order valence-corrected chi connectivity index (χ3v) is 4.25. The molecule has 5 nitrogen and oxygen atoms in total. The first kappa shape index (κ1) is 16.0. The van der Waals surface area contributed by atoms with E-state index in [4.69, 9.17) is 4.74 Å². The zero-order valence-electron chi connectivity index (χ0n) is 12.9. The van der Waals surface area contributed by atoms with Crippen molar-refractivity contribution in [1.29, 1.82) is 0 Å². The Morgan fingerprint density at radius 2 is 2.14 bits per heavy atom. The minimum Gasteiger partial charge on any atom is -0.495 e. The van der Waals surface area contributed by atoms with Gasteiger partial charge in [0.2, 0.25) is 0 Å². The second kappa shape index (κ2) is 7.04. The molecule has 0 fully saturated rings. The Morgan fingerprint density at radius 3 is 2.71 bits per heavy atom. The van der Waals surface area contributed by atoms with Crippen LogP contribution in [0.5, 0.6) is 5.75 Å². The largest absolute Gasteiger partial charge is 0.495 e. The van der Waals surface area contributed by atoms with Crippen LogP contribution < -0.4 is 10.1 Å². The molecule has 0 bridgehead atoms. The Hall–Kier alpha value is -1.40. The van der Waals surface area contributed by atoms with E-state index < -0.39 is 0 Å². The first-order valence-corrected chi connectivity index (χ1v) is 7.91. The monoisotopic (exact) mass is 352 g/mol. The van der Waals surface area contributed by atoms with Crippen LogP contribution in [0.2, 0.25) is 0 Å². The topological polar surface area (TPSA) is 52.0 Å². The predicted octanol–water partition coefficient (Wildman–Crippen LogP) is 3.27. The molecule has 0 saturated heterocycles. The quantitative estimate of drug-likeness (QED) is 0.866. The van der Waals surface area contributed by atoms with E-state index in [1.165, 1.54) is 0 Å². The van der Waals surface area contributed by atoms with Gasteiger partial charge in [-0.3, -0.25) is 0 Å². The molecule has 0 aliphatic heterocycles. The van der Waals surface area contributed by atoms with Crippen LogP contribution in [-0.2, 0) is 6.42 Å². The van der Waals surface area contributed by atoms with Crippen molar-refractivity contribution in [3.05, 3.63) is 34.1 Å². The van der Waals surface area contributed by atoms with Gasteiger partial charge in [0.15, 0.2) is 0 Å². The van der Waals surface area contributed by atoms with Crippen LogP contribution >= 0.6 is 15.9 Å². The van der Waals surface area contributed by atoms with Crippen LogP contribution in [0.15, 0.2) is 22.7 Å². The van der Waals surface area contributed by atoms with Gasteiger partial charge in [-0.2, -0.15) is 0 Å². The highest BCUT2D eigenvalue weighted by Crippen LogP contribution is 2.28. The van der Waals surface area contributed by atoms with Crippen molar-refractivity contribution in [2.45, 2.75) is 32.7 Å². The van der Waals surface area contributed by atoms with Crippen molar-refractivity contribution in [1.82, 2.24) is 20.3 Å². The second-order valence-corrected chi connectivity index (χ2v) is 5.61. The number of methoxy groups -OCH3 is 1. The first-order valence-electron chi connectivity index (χ1n) is 7.11. The van der Waals surface area contributed by atoms with Crippen LogP contribution in [0.25, 0.3) is 5.69 Å². The van der Waals surface area contributed by atoms with Gasteiger partial charge in [0, 0.05) is 6.07 Å². The van der Waals surface area contributed by atoms with E-state index in [0.717, 1.165) is 40.1 Å². The summed E-state index contributed by atoms with van der Waals surface area (Å²) in [6, 6.07) is 6.16. The molecule has 0 saturated carbocycles. The molecule has 2 rings (SSSR count). The van der Waals surface area contributed by atoms with Gasteiger partial charge in [0.05, 0.1) is 29.0 Å². The molecule has 1 N–H and O–H groups in total. The molecule has 0 radical (unpaired) electrons. The number of nitrogens with one attached hydrogen (secondary N) is 1. The molecule has 1 aromatic heterocycles. The zero-order chi connectivity index (χ0) is 15.4. The van der Waals surface area contributed by atoms with Crippen molar-refractivity contribution in [3.63, 3.8) is 0 Å². The van der Waals surface area contributed by atoms with Gasteiger partial charge in [-0.1, -0.05) is 19.1 Å². The summed E-state index contributed by atoms with van der Waals surface area (Å²) in [6.07, 6.45) is 1.85. The molecule has 2 aromatic rings. The van der Waals surface area contributed by atoms with Crippen LogP contribution in [-0.4, -0.2) is 29.2 Å². The third-order valence-electron chi connectivity index (χ3n) is 3.59. The summed E-state index contributed by atoms with van der Waals surface area (Å²) in [5, 5.41) is 12.0. The molecule has 6 heteroatoms. The molecule has 1 aromatic carbocycles. The number of aromatic nitrogens is 3. The fourth-order valence-corrected chi connectivity index (χ4v) is 2.85. The maximum absolute atomic E-state index is 5.36. The highest BCUT2D eigenvalue weighted by atomic mass is 79.9. The number of hydrogen-bond donors (Lipinski definition) is 1. The van der Waals surface area contributed by atoms with Gasteiger partial charge >= 0.3 is 0 Å². The molecule has 21 heavy (non-hydrogen) atoms. The van der Waals surface area contributed by atoms with E-state index in [0.29, 0.717) is 0 Å². The van der Waals surface area contributed by atoms with Crippen molar-refractivity contribution in [2.75, 3.05) is 14.2 Å². The fourth-order valence-electron chi connectivity index (χ4n) is 2.44. The minimum atomic E-state index is 0.228. The van der Waals surface area contributed by atoms with E-state index >= 15 is 0 Å². The summed E-state index contributed by atoms with van der Waals surface area (Å²) in [5.74, 6) is 0.785. The smallest absolute Gasteiger partial charge is 0.135 e. The first-order chi connectivity index (χ1) is 10.2. The van der Waals surface area contributed by atoms with Crippen LogP contribution in [0.4, 0.5) is 0 Å². The van der Waals surface area contributed by atoms with Crippen molar-refractivity contribution in [2.24, 2.45) is 0 Å². The van der Waals surface area contributed by atoms with Gasteiger partial charge in [-0.05, 0) is 48.0 Å². The summed E-state index contributed by atoms with van der Waals surface area (Å²) < 4.78 is 8.17. The lowest BCUT2D eigenvalue weighted by atomic mass is 10.1. The number of hydrogen-bond acceptors (Lipinski definition) is 4. The van der Waals surface area contributed by atoms with Crippen LogP contribution in [0.1, 0.15) is 37.7 Å². The molecular weight excluding hydrogens is 332 g/mol. The summed E-state index contributed by atoms with van der Waals surface area (Å²) in [7, 11) is 3.61. The highest BCUT2D eigenvalue weighted by Gasteiger charge is 2.19. The number of benzene rings is 1. The highest BCUT2D eigenvalue weighted by molar-refractivity contribution is 9.10. The molecular formula is C15H21BrN4O. The Bertz CT molecular complexity index is 608. The Labute approximate surface area is 133 Å². The van der Waals surface area contributed by atoms with Crippen molar-refractivity contribution < 1.29 is 4.74 Å². The van der Waals surface area contributed by atoms with E-state index in [1.807, 2.05) is 29.9 Å². The molecule has 0 amide bonds. The lowest BCUT2D eigenvalue weighted by Gasteiger charge is -2.13. The van der Waals surface area contributed by atoms with E-state index in [-0.39, 0.29) is 6.04 Å². The summed E-state index contributed by atoms with van der Waals surface area (Å²) >= 11 is 3.47. The van der Waals surface area contributed by atoms with Gasteiger partial charge < -0.3 is 10.1 Å². The van der Waals surface area contributed by atoms with Crippen LogP contribution in [0, 0.1) is 0 Å². The van der Waals surface area contributed by atoms with Crippen molar-refractivity contribution >= 4 is 15.9 Å². The molecule has 0 aliphatic carbocycles. The van der Waals surface area contributed by atoms with Gasteiger partial charge in [-0.25, -0.2) is 4.68 Å². The number of halogens is 1. The molecule has 0 aliphatic rings. The normalized spacial score (nSPS) is 12.4. The fraction of sp³-hybridized carbons (Fsp3) is 0.467. The zero-order valence-corrected chi connectivity index (χ0v) is 14.4. The van der Waals surface area contributed by atoms with E-state index in [1.54, 1.807) is 7.11 Å². The van der Waals surface area contributed by atoms with Gasteiger partial charge in [-0.15, -0.1) is 5.10 Å². The maximum atomic E-state index is 5.36. The minimum absolute atomic E-state index is 0.228. The second-order valence-electron chi connectivity index (χ2n) is 4.76. The van der Waals surface area contributed by atoms with Crippen molar-refractivity contribution in [3.8, 4) is 11.4 Å². The standard InChI is InChI=1S/C15H21BrN4O/c1-5-12(17-3)15-13(6-2)20(19-18-15)10-7-8-11(16)14(9-10)21-4/h7-9,12,17H,5-6H2,1-4H3. The Kier molecular flexibility index (Phi) is 5.36. The summed E-state index contributed by atoms with van der Waals surface area (Å²) in [5.41, 5.74) is 3.10. The lowest BCUT2D eigenvalue weighted by molar-refractivity contribution is 0.411. The molecule has 1 unspecified atom stereocenters. The van der Waals surface area contributed by atoms with E-state index in [2.05, 4.69) is 45.4 Å². The summed E-state index contributed by atoms with van der Waals surface area (Å²) in [6.45, 7) is 4.26. The average molecular weight is 353 g/mol. The average Bonchev–Trinajstić information content (AvgIpc) is 2.93. The number of ether oxygens (including phenoxy) is 1. The SMILES string of the molecule is CCc1c(C(CC)NC)nnn1-c1ccc(Br)c(OC)c1. The predicted molar refractivity (Wildman–Crippen MR) is 87.1 cm³/mol. The van der Waals surface area contributed by atoms with Gasteiger partial charge in [0.25, 0.3) is 0 Å². The molecule has 1 atom stereocenters. The molecule has 114 valence electrons. The Balaban J connectivity index is 2.49. The summed E-state index contributed by atoms with van der Waals surface area (Å²) in [4.78, 5) is 0. The Morgan fingerprint density at radius 1 is 1.38 bits per heavy atom. The molecule has 1 heterocycles. The van der Waals surface area contributed by atoms with Gasteiger partial charge in [0.1, 0.15) is 11.4 Å². The number of rotatable bonds is 6. The number of nitrogens with zero attached hydrogens (tertiary/aromatic N) is 3. The maximum Gasteiger partial charge on any atom is 0.135 e. The van der Waals surface area contributed by atoms with E-state index in [9.17, 15) is 0 Å². The molecule has 0 spiro atoms. The van der Waals surface area contributed by atoms with Crippen LogP contribution in [0.3, 0.4) is 0 Å².